The first-order chi connectivity index (χ1) is 11.7. The summed E-state index contributed by atoms with van der Waals surface area (Å²) in [7, 11) is 0. The number of nitrogens with one attached hydrogen (secondary N) is 1. The first kappa shape index (κ1) is 20.6. The Balaban J connectivity index is 3.06. The highest BCUT2D eigenvalue weighted by Gasteiger charge is 2.41. The summed E-state index contributed by atoms with van der Waals surface area (Å²) in [4.78, 5) is 50.6. The van der Waals surface area contributed by atoms with Gasteiger partial charge in [0.15, 0.2) is 12.2 Å². The molecule has 3 atom stereocenters. The molecule has 0 aromatic carbocycles. The molecule has 3 N–H and O–H groups in total. The molecule has 0 aromatic heterocycles. The molecule has 0 bridgehead atoms. The third-order valence-electron chi connectivity index (χ3n) is 3.20. The molecular weight excluding hydrogens is 336 g/mol. The van der Waals surface area contributed by atoms with Gasteiger partial charge in [0.1, 0.15) is 6.10 Å². The Kier molecular flexibility index (Phi) is 8.02. The highest BCUT2D eigenvalue weighted by atomic mass is 16.6. The molecule has 0 radical (unpaired) electrons. The number of ether oxygens (including phenoxy) is 3. The summed E-state index contributed by atoms with van der Waals surface area (Å²) in [6.45, 7) is 3.80. The van der Waals surface area contributed by atoms with Crippen LogP contribution in [0.1, 0.15) is 27.2 Å². The van der Waals surface area contributed by atoms with Crippen LogP contribution >= 0.6 is 0 Å². The van der Waals surface area contributed by atoms with Crippen molar-refractivity contribution in [3.63, 3.8) is 0 Å². The first-order valence-corrected chi connectivity index (χ1v) is 7.56. The van der Waals surface area contributed by atoms with Crippen LogP contribution < -0.4 is 11.2 Å². The summed E-state index contributed by atoms with van der Waals surface area (Å²) >= 11 is 0. The van der Waals surface area contributed by atoms with E-state index in [1.807, 2.05) is 0 Å². The fraction of sp³-hybridized carbons (Fsp3) is 0.600. The van der Waals surface area contributed by atoms with E-state index in [1.165, 1.54) is 26.8 Å². The van der Waals surface area contributed by atoms with Gasteiger partial charge in [0.25, 0.3) is 0 Å². The van der Waals surface area contributed by atoms with Gasteiger partial charge in [-0.05, 0) is 6.08 Å². The summed E-state index contributed by atoms with van der Waals surface area (Å²) in [5.74, 6) is 2.51. The molecule has 25 heavy (non-hydrogen) atoms. The van der Waals surface area contributed by atoms with Crippen LogP contribution in [0.15, 0.2) is 11.6 Å². The lowest BCUT2D eigenvalue weighted by molar-refractivity contribution is -0.180. The lowest BCUT2D eigenvalue weighted by Gasteiger charge is -2.34. The topological polar surface area (TPSA) is 143 Å². The van der Waals surface area contributed by atoms with Crippen molar-refractivity contribution in [3.8, 4) is 0 Å². The number of hydrogen-bond acceptors (Lipinski definition) is 9. The Labute approximate surface area is 144 Å². The molecule has 0 spiro atoms. The lowest BCUT2D eigenvalue weighted by Crippen LogP contribution is -2.48. The van der Waals surface area contributed by atoms with Gasteiger partial charge in [-0.3, -0.25) is 19.2 Å². The fourth-order valence-electron chi connectivity index (χ4n) is 2.36. The molecule has 1 aliphatic carbocycles. The SMILES string of the molecule is CC(=O)O[C@@H]1[C@H](OC(C)=O)C=C(C(=O)NCCON)C[C@H]1OC(C)=O. The second kappa shape index (κ2) is 9.74. The largest absolute Gasteiger partial charge is 0.458 e. The monoisotopic (exact) mass is 358 g/mol. The zero-order chi connectivity index (χ0) is 19.0. The van der Waals surface area contributed by atoms with Gasteiger partial charge in [0.05, 0.1) is 6.61 Å². The average Bonchev–Trinajstić information content (AvgIpc) is 2.48. The van der Waals surface area contributed by atoms with Crippen molar-refractivity contribution in [2.24, 2.45) is 5.90 Å². The smallest absolute Gasteiger partial charge is 0.303 e. The zero-order valence-corrected chi connectivity index (χ0v) is 14.3. The van der Waals surface area contributed by atoms with Crippen LogP contribution in [0.5, 0.6) is 0 Å². The third-order valence-corrected chi connectivity index (χ3v) is 3.20. The molecule has 0 aromatic rings. The van der Waals surface area contributed by atoms with E-state index in [9.17, 15) is 19.2 Å². The predicted molar refractivity (Wildman–Crippen MR) is 82.5 cm³/mol. The van der Waals surface area contributed by atoms with Crippen LogP contribution in [0.4, 0.5) is 0 Å². The number of carbonyl (C=O) groups excluding carboxylic acids is 4. The molecule has 140 valence electrons. The van der Waals surface area contributed by atoms with E-state index in [4.69, 9.17) is 20.1 Å². The summed E-state index contributed by atoms with van der Waals surface area (Å²) in [5, 5.41) is 2.56. The Morgan fingerprint density at radius 1 is 1.08 bits per heavy atom. The molecule has 0 saturated heterocycles. The van der Waals surface area contributed by atoms with E-state index in [1.54, 1.807) is 0 Å². The van der Waals surface area contributed by atoms with E-state index < -0.39 is 42.1 Å². The van der Waals surface area contributed by atoms with Gasteiger partial charge >= 0.3 is 17.9 Å². The molecule has 10 nitrogen and oxygen atoms in total. The Morgan fingerprint density at radius 2 is 1.68 bits per heavy atom. The van der Waals surface area contributed by atoms with Crippen molar-refractivity contribution >= 4 is 23.8 Å². The normalized spacial score (nSPS) is 22.4. The van der Waals surface area contributed by atoms with Crippen LogP contribution in [-0.2, 0) is 38.2 Å². The first-order valence-electron chi connectivity index (χ1n) is 7.56. The summed E-state index contributed by atoms with van der Waals surface area (Å²) in [6, 6.07) is 0. The Morgan fingerprint density at radius 3 is 2.20 bits per heavy atom. The molecule has 0 fully saturated rings. The highest BCUT2D eigenvalue weighted by Crippen LogP contribution is 2.27. The molecule has 10 heteroatoms. The second-order valence-corrected chi connectivity index (χ2v) is 5.32. The van der Waals surface area contributed by atoms with Gasteiger partial charge in [-0.15, -0.1) is 0 Å². The zero-order valence-electron chi connectivity index (χ0n) is 14.3. The van der Waals surface area contributed by atoms with E-state index in [-0.39, 0.29) is 25.1 Å². The molecule has 0 aliphatic heterocycles. The van der Waals surface area contributed by atoms with Crippen molar-refractivity contribution in [1.29, 1.82) is 0 Å². The van der Waals surface area contributed by atoms with Crippen molar-refractivity contribution in [1.82, 2.24) is 5.32 Å². The minimum Gasteiger partial charge on any atom is -0.458 e. The number of amides is 1. The quantitative estimate of drug-likeness (QED) is 0.256. The number of rotatable bonds is 7. The molecular formula is C15H22N2O8. The van der Waals surface area contributed by atoms with Gasteiger partial charge < -0.3 is 24.4 Å². The molecule has 1 aliphatic rings. The third kappa shape index (κ3) is 6.89. The van der Waals surface area contributed by atoms with Gasteiger partial charge in [-0.25, -0.2) is 5.90 Å². The van der Waals surface area contributed by atoms with E-state index in [0.717, 1.165) is 0 Å². The minimum absolute atomic E-state index is 0.00932. The lowest BCUT2D eigenvalue weighted by atomic mass is 9.91. The molecule has 0 heterocycles. The number of hydrogen-bond donors (Lipinski definition) is 2. The van der Waals surface area contributed by atoms with Gasteiger partial charge in [0.2, 0.25) is 5.91 Å². The predicted octanol–water partition coefficient (Wildman–Crippen LogP) is -0.882. The average molecular weight is 358 g/mol. The maximum absolute atomic E-state index is 12.2. The van der Waals surface area contributed by atoms with E-state index in [2.05, 4.69) is 10.2 Å². The minimum atomic E-state index is -1.06. The van der Waals surface area contributed by atoms with Crippen LogP contribution in [0.25, 0.3) is 0 Å². The van der Waals surface area contributed by atoms with Gasteiger partial charge in [-0.1, -0.05) is 0 Å². The molecule has 0 saturated carbocycles. The van der Waals surface area contributed by atoms with Gasteiger partial charge in [0, 0.05) is 39.3 Å². The summed E-state index contributed by atoms with van der Waals surface area (Å²) in [6.07, 6.45) is -1.72. The highest BCUT2D eigenvalue weighted by molar-refractivity contribution is 5.94. The van der Waals surface area contributed by atoms with Crippen molar-refractivity contribution in [2.75, 3.05) is 13.2 Å². The standard InChI is InChI=1S/C15H22N2O8/c1-8(18)23-12-6-11(15(21)17-4-5-22-16)7-13(24-9(2)19)14(12)25-10(3)20/h6,12-14H,4-5,7,16H2,1-3H3,(H,17,21)/t12-,13-,14-/m1/s1. The molecule has 1 rings (SSSR count). The van der Waals surface area contributed by atoms with E-state index in [0.29, 0.717) is 0 Å². The second-order valence-electron chi connectivity index (χ2n) is 5.32. The molecule has 1 amide bonds. The van der Waals surface area contributed by atoms with Crippen LogP contribution in [-0.4, -0.2) is 55.3 Å². The summed E-state index contributed by atoms with van der Waals surface area (Å²) in [5.41, 5.74) is 0.220. The Hall–Kier alpha value is -2.46. The Bertz CT molecular complexity index is 560. The van der Waals surface area contributed by atoms with Crippen LogP contribution in [0, 0.1) is 0 Å². The summed E-state index contributed by atoms with van der Waals surface area (Å²) < 4.78 is 15.4. The fourth-order valence-corrected chi connectivity index (χ4v) is 2.36. The van der Waals surface area contributed by atoms with Crippen LogP contribution in [0.2, 0.25) is 0 Å². The van der Waals surface area contributed by atoms with E-state index >= 15 is 0 Å². The maximum Gasteiger partial charge on any atom is 0.303 e. The number of esters is 3. The number of nitrogens with two attached hydrogens (primary N) is 1. The van der Waals surface area contributed by atoms with Gasteiger partial charge in [-0.2, -0.15) is 0 Å². The maximum atomic E-state index is 12.2. The molecule has 0 unspecified atom stereocenters. The van der Waals surface area contributed by atoms with Crippen molar-refractivity contribution < 1.29 is 38.2 Å². The van der Waals surface area contributed by atoms with Crippen LogP contribution in [0.3, 0.4) is 0 Å². The van der Waals surface area contributed by atoms with Crippen molar-refractivity contribution in [3.05, 3.63) is 11.6 Å². The number of carbonyl (C=O) groups is 4. The van der Waals surface area contributed by atoms with Crippen molar-refractivity contribution in [2.45, 2.75) is 45.5 Å².